The number of amides is 1. The molecule has 2 rings (SSSR count). The van der Waals surface area contributed by atoms with Gasteiger partial charge in [0, 0.05) is 19.2 Å². The molecule has 0 spiro atoms. The van der Waals surface area contributed by atoms with Gasteiger partial charge in [0.15, 0.2) is 0 Å². The Morgan fingerprint density at radius 2 is 2.05 bits per heavy atom. The van der Waals surface area contributed by atoms with Crippen molar-refractivity contribution in [3.8, 4) is 0 Å². The Labute approximate surface area is 120 Å². The summed E-state index contributed by atoms with van der Waals surface area (Å²) in [6.45, 7) is 4.76. The molecule has 4 heteroatoms. The van der Waals surface area contributed by atoms with Gasteiger partial charge in [0.25, 0.3) is 5.91 Å². The van der Waals surface area contributed by atoms with Crippen molar-refractivity contribution in [2.24, 2.45) is 5.92 Å². The van der Waals surface area contributed by atoms with E-state index < -0.39 is 0 Å². The van der Waals surface area contributed by atoms with Crippen molar-refractivity contribution in [2.45, 2.75) is 19.8 Å². The van der Waals surface area contributed by atoms with E-state index in [-0.39, 0.29) is 11.7 Å². The summed E-state index contributed by atoms with van der Waals surface area (Å²) in [7, 11) is 3.97. The molecule has 0 radical (unpaired) electrons. The molecule has 0 atom stereocenters. The number of piperidine rings is 1. The lowest BCUT2D eigenvalue weighted by Gasteiger charge is -2.31. The minimum absolute atomic E-state index is 0.0126. The summed E-state index contributed by atoms with van der Waals surface area (Å²) >= 11 is 0. The number of benzene rings is 1. The Hall–Kier alpha value is -1.42. The van der Waals surface area contributed by atoms with Gasteiger partial charge in [-0.15, -0.1) is 0 Å². The second-order valence-corrected chi connectivity index (χ2v) is 5.89. The molecule has 1 aliphatic rings. The van der Waals surface area contributed by atoms with Crippen molar-refractivity contribution in [1.29, 1.82) is 0 Å². The second kappa shape index (κ2) is 6.35. The zero-order valence-corrected chi connectivity index (χ0v) is 12.5. The fourth-order valence-corrected chi connectivity index (χ4v) is 2.79. The van der Waals surface area contributed by atoms with E-state index in [0.717, 1.165) is 32.5 Å². The first-order chi connectivity index (χ1) is 9.47. The van der Waals surface area contributed by atoms with E-state index in [1.165, 1.54) is 12.1 Å². The summed E-state index contributed by atoms with van der Waals surface area (Å²) in [6.07, 6.45) is 2.27. The maximum absolute atomic E-state index is 13.1. The molecule has 3 nitrogen and oxygen atoms in total. The topological polar surface area (TPSA) is 23.6 Å². The van der Waals surface area contributed by atoms with Crippen LogP contribution in [0, 0.1) is 18.7 Å². The van der Waals surface area contributed by atoms with E-state index in [9.17, 15) is 9.18 Å². The van der Waals surface area contributed by atoms with Gasteiger partial charge < -0.3 is 9.80 Å². The van der Waals surface area contributed by atoms with E-state index in [0.29, 0.717) is 17.0 Å². The molecule has 1 saturated heterocycles. The van der Waals surface area contributed by atoms with Gasteiger partial charge in [0.2, 0.25) is 0 Å². The van der Waals surface area contributed by atoms with Crippen molar-refractivity contribution in [3.63, 3.8) is 0 Å². The van der Waals surface area contributed by atoms with Crippen molar-refractivity contribution < 1.29 is 9.18 Å². The summed E-state index contributed by atoms with van der Waals surface area (Å²) in [5.74, 6) is 0.263. The van der Waals surface area contributed by atoms with Crippen LogP contribution in [0.3, 0.4) is 0 Å². The van der Waals surface area contributed by atoms with Gasteiger partial charge in [-0.1, -0.05) is 0 Å². The summed E-state index contributed by atoms with van der Waals surface area (Å²) in [4.78, 5) is 16.5. The minimum atomic E-state index is -0.294. The van der Waals surface area contributed by atoms with Crippen LogP contribution in [0.5, 0.6) is 0 Å². The number of aryl methyl sites for hydroxylation is 1. The molecular weight excluding hydrogens is 255 g/mol. The fraction of sp³-hybridized carbons (Fsp3) is 0.562. The number of nitrogens with zero attached hydrogens (tertiary/aromatic N) is 2. The number of rotatable bonds is 3. The van der Waals surface area contributed by atoms with Crippen molar-refractivity contribution >= 4 is 5.91 Å². The molecule has 1 amide bonds. The van der Waals surface area contributed by atoms with Crippen molar-refractivity contribution in [1.82, 2.24) is 9.80 Å². The lowest BCUT2D eigenvalue weighted by atomic mass is 9.96. The SMILES string of the molecule is Cc1cc(F)ccc1C(=O)N(C)CC1CCN(C)CC1. The van der Waals surface area contributed by atoms with Crippen LogP contribution < -0.4 is 0 Å². The summed E-state index contributed by atoms with van der Waals surface area (Å²) in [5, 5.41) is 0. The number of carbonyl (C=O) groups is 1. The summed E-state index contributed by atoms with van der Waals surface area (Å²) in [5.41, 5.74) is 1.30. The number of hydrogen-bond acceptors (Lipinski definition) is 2. The molecule has 0 N–H and O–H groups in total. The van der Waals surface area contributed by atoms with E-state index in [2.05, 4.69) is 11.9 Å². The Balaban J connectivity index is 1.98. The predicted molar refractivity (Wildman–Crippen MR) is 78.3 cm³/mol. The average molecular weight is 278 g/mol. The van der Waals surface area contributed by atoms with Crippen molar-refractivity contribution in [2.75, 3.05) is 33.7 Å². The molecule has 0 aliphatic carbocycles. The van der Waals surface area contributed by atoms with Gasteiger partial charge in [-0.25, -0.2) is 4.39 Å². The molecule has 1 aromatic carbocycles. The van der Waals surface area contributed by atoms with Crippen LogP contribution in [0.1, 0.15) is 28.8 Å². The largest absolute Gasteiger partial charge is 0.341 e. The highest BCUT2D eigenvalue weighted by atomic mass is 19.1. The number of carbonyl (C=O) groups excluding carboxylic acids is 1. The van der Waals surface area contributed by atoms with Crippen LogP contribution in [0.25, 0.3) is 0 Å². The maximum atomic E-state index is 13.1. The van der Waals surface area contributed by atoms with Crippen LogP contribution in [0.2, 0.25) is 0 Å². The number of hydrogen-bond donors (Lipinski definition) is 0. The smallest absolute Gasteiger partial charge is 0.253 e. The van der Waals surface area contributed by atoms with E-state index >= 15 is 0 Å². The quantitative estimate of drug-likeness (QED) is 0.848. The zero-order chi connectivity index (χ0) is 14.7. The lowest BCUT2D eigenvalue weighted by Crippen LogP contribution is -2.38. The van der Waals surface area contributed by atoms with Crippen LogP contribution in [-0.2, 0) is 0 Å². The molecule has 20 heavy (non-hydrogen) atoms. The van der Waals surface area contributed by atoms with Crippen LogP contribution in [0.4, 0.5) is 4.39 Å². The first-order valence-corrected chi connectivity index (χ1v) is 7.17. The van der Waals surface area contributed by atoms with Crippen LogP contribution in [-0.4, -0.2) is 49.4 Å². The molecular formula is C16H23FN2O. The van der Waals surface area contributed by atoms with Crippen molar-refractivity contribution in [3.05, 3.63) is 35.1 Å². The first-order valence-electron chi connectivity index (χ1n) is 7.17. The van der Waals surface area contributed by atoms with Gasteiger partial charge in [-0.2, -0.15) is 0 Å². The maximum Gasteiger partial charge on any atom is 0.253 e. The van der Waals surface area contributed by atoms with Crippen LogP contribution in [0.15, 0.2) is 18.2 Å². The third-order valence-electron chi connectivity index (χ3n) is 4.14. The van der Waals surface area contributed by atoms with Crippen LogP contribution >= 0.6 is 0 Å². The predicted octanol–water partition coefficient (Wildman–Crippen LogP) is 2.55. The molecule has 0 bridgehead atoms. The molecule has 1 aliphatic heterocycles. The van der Waals surface area contributed by atoms with E-state index in [1.807, 2.05) is 7.05 Å². The molecule has 0 saturated carbocycles. The molecule has 1 heterocycles. The Morgan fingerprint density at radius 3 is 2.65 bits per heavy atom. The Morgan fingerprint density at radius 1 is 1.40 bits per heavy atom. The standard InChI is InChI=1S/C16H23FN2O/c1-12-10-14(17)4-5-15(12)16(20)19(3)11-13-6-8-18(2)9-7-13/h4-5,10,13H,6-9,11H2,1-3H3. The van der Waals surface area contributed by atoms with Gasteiger partial charge in [-0.05, 0) is 69.6 Å². The molecule has 0 unspecified atom stereocenters. The number of likely N-dealkylation sites (tertiary alicyclic amines) is 1. The van der Waals surface area contributed by atoms with E-state index in [1.54, 1.807) is 17.9 Å². The third kappa shape index (κ3) is 3.57. The minimum Gasteiger partial charge on any atom is -0.341 e. The van der Waals surface area contributed by atoms with Gasteiger partial charge in [0.05, 0.1) is 0 Å². The fourth-order valence-electron chi connectivity index (χ4n) is 2.79. The summed E-state index contributed by atoms with van der Waals surface area (Å²) in [6, 6.07) is 4.35. The summed E-state index contributed by atoms with van der Waals surface area (Å²) < 4.78 is 13.1. The normalized spacial score (nSPS) is 17.2. The van der Waals surface area contributed by atoms with E-state index in [4.69, 9.17) is 0 Å². The Kier molecular flexibility index (Phi) is 4.76. The highest BCUT2D eigenvalue weighted by Gasteiger charge is 2.21. The third-order valence-corrected chi connectivity index (χ3v) is 4.14. The highest BCUT2D eigenvalue weighted by Crippen LogP contribution is 2.19. The Bertz CT molecular complexity index is 481. The van der Waals surface area contributed by atoms with Gasteiger partial charge in [-0.3, -0.25) is 4.79 Å². The average Bonchev–Trinajstić information content (AvgIpc) is 2.40. The molecule has 110 valence electrons. The molecule has 1 fully saturated rings. The monoisotopic (exact) mass is 278 g/mol. The van der Waals surface area contributed by atoms with Gasteiger partial charge in [0.1, 0.15) is 5.82 Å². The van der Waals surface area contributed by atoms with Gasteiger partial charge >= 0.3 is 0 Å². The zero-order valence-electron chi connectivity index (χ0n) is 12.5. The second-order valence-electron chi connectivity index (χ2n) is 5.89. The first kappa shape index (κ1) is 15.0. The molecule has 1 aromatic rings. The highest BCUT2D eigenvalue weighted by molar-refractivity contribution is 5.95. The number of halogens is 1. The lowest BCUT2D eigenvalue weighted by molar-refractivity contribution is 0.0746. The molecule has 0 aromatic heterocycles.